The fourth-order valence-electron chi connectivity index (χ4n) is 1.49. The van der Waals surface area contributed by atoms with Crippen molar-refractivity contribution in [3.8, 4) is 0 Å². The molecule has 16 heavy (non-hydrogen) atoms. The van der Waals surface area contributed by atoms with Crippen molar-refractivity contribution >= 4 is 0 Å². The van der Waals surface area contributed by atoms with Crippen LogP contribution in [0.15, 0.2) is 12.1 Å². The summed E-state index contributed by atoms with van der Waals surface area (Å²) in [5.74, 6) is -3.86. The molecule has 0 aliphatic rings. The number of rotatable bonds is 5. The van der Waals surface area contributed by atoms with Crippen LogP contribution in [-0.2, 0) is 0 Å². The minimum absolute atomic E-state index is 0.0101. The van der Waals surface area contributed by atoms with E-state index < -0.39 is 23.5 Å². The molecule has 1 aromatic rings. The summed E-state index contributed by atoms with van der Waals surface area (Å²) in [6.07, 6.45) is 2.01. The van der Waals surface area contributed by atoms with Gasteiger partial charge in [-0.1, -0.05) is 12.5 Å². The zero-order valence-corrected chi connectivity index (χ0v) is 8.85. The first-order chi connectivity index (χ1) is 7.57. The molecule has 4 N–H and O–H groups in total. The third kappa shape index (κ3) is 2.96. The van der Waals surface area contributed by atoms with Crippen molar-refractivity contribution in [2.45, 2.75) is 25.3 Å². The molecule has 0 aliphatic carbocycles. The summed E-state index contributed by atoms with van der Waals surface area (Å²) in [4.78, 5) is 0. The van der Waals surface area contributed by atoms with Gasteiger partial charge in [-0.3, -0.25) is 0 Å². The van der Waals surface area contributed by atoms with Gasteiger partial charge in [0.2, 0.25) is 0 Å². The van der Waals surface area contributed by atoms with Crippen LogP contribution >= 0.6 is 0 Å². The third-order valence-electron chi connectivity index (χ3n) is 2.43. The Bertz CT molecular complexity index is 355. The number of hydrogen-bond acceptors (Lipinski definition) is 2. The molecule has 0 bridgehead atoms. The predicted octanol–water partition coefficient (Wildman–Crippen LogP) is 2.23. The molecule has 1 atom stereocenters. The highest BCUT2D eigenvalue weighted by Gasteiger charge is 2.17. The SMILES string of the molecule is NCCCC[C@@H](N)c1ccc(F)c(F)c1F. The van der Waals surface area contributed by atoms with E-state index in [2.05, 4.69) is 0 Å². The molecule has 90 valence electrons. The van der Waals surface area contributed by atoms with Gasteiger partial charge in [-0.05, 0) is 25.5 Å². The van der Waals surface area contributed by atoms with Crippen LogP contribution in [0.5, 0.6) is 0 Å². The number of benzene rings is 1. The third-order valence-corrected chi connectivity index (χ3v) is 2.43. The maximum atomic E-state index is 13.3. The van der Waals surface area contributed by atoms with E-state index in [1.165, 1.54) is 6.07 Å². The smallest absolute Gasteiger partial charge is 0.194 e. The van der Waals surface area contributed by atoms with Gasteiger partial charge in [0, 0.05) is 11.6 Å². The van der Waals surface area contributed by atoms with E-state index in [0.29, 0.717) is 13.0 Å². The van der Waals surface area contributed by atoms with E-state index in [-0.39, 0.29) is 5.56 Å². The average molecular weight is 232 g/mol. The van der Waals surface area contributed by atoms with Crippen molar-refractivity contribution in [1.82, 2.24) is 0 Å². The number of halogens is 3. The topological polar surface area (TPSA) is 52.0 Å². The number of nitrogens with two attached hydrogens (primary N) is 2. The molecule has 0 amide bonds. The lowest BCUT2D eigenvalue weighted by molar-refractivity contribution is 0.431. The summed E-state index contributed by atoms with van der Waals surface area (Å²) in [6.45, 7) is 0.535. The molecular weight excluding hydrogens is 217 g/mol. The lowest BCUT2D eigenvalue weighted by atomic mass is 10.0. The molecule has 2 nitrogen and oxygen atoms in total. The van der Waals surface area contributed by atoms with Crippen molar-refractivity contribution in [2.75, 3.05) is 6.54 Å². The van der Waals surface area contributed by atoms with E-state index >= 15 is 0 Å². The second-order valence-corrected chi connectivity index (χ2v) is 3.66. The molecule has 5 heteroatoms. The van der Waals surface area contributed by atoms with E-state index in [1.807, 2.05) is 0 Å². The van der Waals surface area contributed by atoms with Crippen LogP contribution in [0.4, 0.5) is 13.2 Å². The van der Waals surface area contributed by atoms with Gasteiger partial charge in [-0.25, -0.2) is 13.2 Å². The molecule has 0 heterocycles. The standard InChI is InChI=1S/C11H15F3N2/c12-8-5-4-7(10(13)11(8)14)9(16)3-1-2-6-15/h4-5,9H,1-3,6,15-16H2/t9-/m1/s1. The normalized spacial score (nSPS) is 12.8. The van der Waals surface area contributed by atoms with Crippen LogP contribution in [0.25, 0.3) is 0 Å². The van der Waals surface area contributed by atoms with Crippen molar-refractivity contribution < 1.29 is 13.2 Å². The zero-order valence-electron chi connectivity index (χ0n) is 8.85. The Labute approximate surface area is 92.4 Å². The van der Waals surface area contributed by atoms with Gasteiger partial charge in [-0.15, -0.1) is 0 Å². The summed E-state index contributed by atoms with van der Waals surface area (Å²) in [6, 6.07) is 1.44. The lowest BCUT2D eigenvalue weighted by Gasteiger charge is -2.13. The van der Waals surface area contributed by atoms with Crippen LogP contribution in [0.2, 0.25) is 0 Å². The Morgan fingerprint density at radius 3 is 2.38 bits per heavy atom. The Kier molecular flexibility index (Phi) is 4.76. The number of hydrogen-bond donors (Lipinski definition) is 2. The van der Waals surface area contributed by atoms with E-state index in [0.717, 1.165) is 18.9 Å². The summed E-state index contributed by atoms with van der Waals surface area (Å²) in [7, 11) is 0. The van der Waals surface area contributed by atoms with Gasteiger partial charge in [0.05, 0.1) is 0 Å². The summed E-state index contributed by atoms with van der Waals surface area (Å²) < 4.78 is 38.9. The van der Waals surface area contributed by atoms with Crippen LogP contribution in [-0.4, -0.2) is 6.54 Å². The van der Waals surface area contributed by atoms with E-state index in [9.17, 15) is 13.2 Å². The molecule has 0 spiro atoms. The summed E-state index contributed by atoms with van der Waals surface area (Å²) in [5.41, 5.74) is 11.0. The molecule has 0 unspecified atom stereocenters. The van der Waals surface area contributed by atoms with Crippen molar-refractivity contribution in [3.63, 3.8) is 0 Å². The molecule has 0 aliphatic heterocycles. The van der Waals surface area contributed by atoms with E-state index in [4.69, 9.17) is 11.5 Å². The highest BCUT2D eigenvalue weighted by atomic mass is 19.2. The van der Waals surface area contributed by atoms with Gasteiger partial charge in [0.25, 0.3) is 0 Å². The average Bonchev–Trinajstić information content (AvgIpc) is 2.26. The van der Waals surface area contributed by atoms with Crippen LogP contribution in [0, 0.1) is 17.5 Å². The molecular formula is C11H15F3N2. The first-order valence-electron chi connectivity index (χ1n) is 5.17. The molecule has 0 aromatic heterocycles. The second-order valence-electron chi connectivity index (χ2n) is 3.66. The van der Waals surface area contributed by atoms with Crippen molar-refractivity contribution in [3.05, 3.63) is 35.1 Å². The van der Waals surface area contributed by atoms with Gasteiger partial charge in [0.1, 0.15) is 0 Å². The van der Waals surface area contributed by atoms with Gasteiger partial charge in [-0.2, -0.15) is 0 Å². The quantitative estimate of drug-likeness (QED) is 0.604. The molecule has 0 saturated carbocycles. The van der Waals surface area contributed by atoms with Gasteiger partial charge in [0.15, 0.2) is 17.5 Å². The van der Waals surface area contributed by atoms with Gasteiger partial charge < -0.3 is 11.5 Å². The first-order valence-corrected chi connectivity index (χ1v) is 5.17. The number of unbranched alkanes of at least 4 members (excludes halogenated alkanes) is 1. The predicted molar refractivity (Wildman–Crippen MR) is 56.1 cm³/mol. The Balaban J connectivity index is 2.76. The fraction of sp³-hybridized carbons (Fsp3) is 0.455. The highest BCUT2D eigenvalue weighted by molar-refractivity contribution is 5.23. The Morgan fingerprint density at radius 1 is 1.06 bits per heavy atom. The highest BCUT2D eigenvalue weighted by Crippen LogP contribution is 2.23. The maximum absolute atomic E-state index is 13.3. The van der Waals surface area contributed by atoms with Crippen LogP contribution in [0.1, 0.15) is 30.9 Å². The Hall–Kier alpha value is -1.07. The molecule has 1 aromatic carbocycles. The van der Waals surface area contributed by atoms with Crippen molar-refractivity contribution in [2.24, 2.45) is 11.5 Å². The van der Waals surface area contributed by atoms with Gasteiger partial charge >= 0.3 is 0 Å². The fourth-order valence-corrected chi connectivity index (χ4v) is 1.49. The molecule has 0 radical (unpaired) electrons. The maximum Gasteiger partial charge on any atom is 0.194 e. The molecule has 0 saturated heterocycles. The minimum Gasteiger partial charge on any atom is -0.330 e. The van der Waals surface area contributed by atoms with E-state index in [1.54, 1.807) is 0 Å². The minimum atomic E-state index is -1.47. The second kappa shape index (κ2) is 5.86. The van der Waals surface area contributed by atoms with Crippen LogP contribution in [0.3, 0.4) is 0 Å². The first kappa shape index (κ1) is 13.0. The largest absolute Gasteiger partial charge is 0.330 e. The summed E-state index contributed by atoms with van der Waals surface area (Å²) in [5, 5.41) is 0. The molecule has 1 rings (SSSR count). The van der Waals surface area contributed by atoms with Crippen LogP contribution < -0.4 is 11.5 Å². The van der Waals surface area contributed by atoms with Crippen molar-refractivity contribution in [1.29, 1.82) is 0 Å². The summed E-state index contributed by atoms with van der Waals surface area (Å²) >= 11 is 0. The Morgan fingerprint density at radius 2 is 1.75 bits per heavy atom. The molecule has 0 fully saturated rings. The monoisotopic (exact) mass is 232 g/mol. The lowest BCUT2D eigenvalue weighted by Crippen LogP contribution is -2.14. The zero-order chi connectivity index (χ0) is 12.1.